The van der Waals surface area contributed by atoms with Crippen LogP contribution in [0.15, 0.2) is 0 Å². The van der Waals surface area contributed by atoms with Crippen LogP contribution in [0, 0.1) is 0 Å². The van der Waals surface area contributed by atoms with Crippen molar-refractivity contribution in [3.8, 4) is 0 Å². The Labute approximate surface area is 272 Å². The number of hydrogen-bond donors (Lipinski definition) is 1. The van der Waals surface area contributed by atoms with Crippen molar-refractivity contribution in [2.24, 2.45) is 0 Å². The Morgan fingerprint density at radius 3 is 1.18 bits per heavy atom. The molecule has 0 aliphatic heterocycles. The van der Waals surface area contributed by atoms with Crippen molar-refractivity contribution in [1.29, 1.82) is 0 Å². The van der Waals surface area contributed by atoms with Crippen molar-refractivity contribution in [2.75, 3.05) is 26.4 Å². The topological polar surface area (TPSA) is 97.4 Å². The molecule has 4 aliphatic rings. The number of nitrogens with one attached hydrogen (secondary N) is 1. The van der Waals surface area contributed by atoms with Crippen LogP contribution in [0.4, 0.5) is 4.79 Å². The van der Waals surface area contributed by atoms with Gasteiger partial charge in [-0.2, -0.15) is 0 Å². The Morgan fingerprint density at radius 2 is 0.889 bits per heavy atom. The first kappa shape index (κ1) is 36.0. The first-order valence-corrected chi connectivity index (χ1v) is 18.5. The summed E-state index contributed by atoms with van der Waals surface area (Å²) in [5.74, 6) is 0.105. The summed E-state index contributed by atoms with van der Waals surface area (Å²) in [6.07, 6.45) is 22.5. The fraction of sp³-hybridized carbons (Fsp3) is 0.917. The standard InChI is InChI=1S/C36H63N3O6/c1-36(2,3)45-35(42)37-28(24-43-26-33(40)38(29-16-8-4-9-17-29)30-18-10-5-11-19-30)25-44-27-34(41)39(31-20-12-6-13-21-31)32-22-14-7-15-23-32/h28-32H,4-27H2,1-3H3,(H,37,42). The first-order chi connectivity index (χ1) is 21.7. The number of alkyl carbamates (subject to hydrolysis) is 1. The van der Waals surface area contributed by atoms with Gasteiger partial charge in [-0.3, -0.25) is 9.59 Å². The summed E-state index contributed by atoms with van der Waals surface area (Å²) in [4.78, 5) is 44.3. The summed E-state index contributed by atoms with van der Waals surface area (Å²) >= 11 is 0. The van der Waals surface area contributed by atoms with Crippen LogP contribution in [0.1, 0.15) is 149 Å². The Hall–Kier alpha value is -1.87. The summed E-state index contributed by atoms with van der Waals surface area (Å²) in [5.41, 5.74) is -0.650. The van der Waals surface area contributed by atoms with Crippen LogP contribution < -0.4 is 5.32 Å². The second-order valence-corrected chi connectivity index (χ2v) is 15.1. The molecule has 0 bridgehead atoms. The van der Waals surface area contributed by atoms with Crippen LogP contribution in [0.3, 0.4) is 0 Å². The minimum Gasteiger partial charge on any atom is -0.444 e. The second kappa shape index (κ2) is 18.5. The number of hydrogen-bond acceptors (Lipinski definition) is 6. The molecular formula is C36H63N3O6. The summed E-state index contributed by atoms with van der Waals surface area (Å²) < 4.78 is 17.5. The van der Waals surface area contributed by atoms with Crippen molar-refractivity contribution in [2.45, 2.75) is 185 Å². The highest BCUT2D eigenvalue weighted by Crippen LogP contribution is 2.32. The van der Waals surface area contributed by atoms with E-state index in [1.807, 2.05) is 20.8 Å². The number of carbonyl (C=O) groups is 3. The lowest BCUT2D eigenvalue weighted by atomic mass is 9.88. The number of ether oxygens (including phenoxy) is 3. The highest BCUT2D eigenvalue weighted by molar-refractivity contribution is 5.78. The summed E-state index contributed by atoms with van der Waals surface area (Å²) in [6.45, 7) is 5.65. The van der Waals surface area contributed by atoms with E-state index in [1.54, 1.807) is 0 Å². The molecule has 0 aromatic carbocycles. The van der Waals surface area contributed by atoms with Crippen LogP contribution in [-0.4, -0.2) is 89.9 Å². The predicted octanol–water partition coefficient (Wildman–Crippen LogP) is 6.90. The lowest BCUT2D eigenvalue weighted by molar-refractivity contribution is -0.144. The number of amides is 3. The van der Waals surface area contributed by atoms with E-state index in [9.17, 15) is 14.4 Å². The monoisotopic (exact) mass is 633 g/mol. The molecule has 0 unspecified atom stereocenters. The highest BCUT2D eigenvalue weighted by atomic mass is 16.6. The molecule has 0 radical (unpaired) electrons. The zero-order chi connectivity index (χ0) is 32.1. The van der Waals surface area contributed by atoms with E-state index in [0.717, 1.165) is 51.4 Å². The van der Waals surface area contributed by atoms with Gasteiger partial charge in [0.05, 0.1) is 19.3 Å². The third-order valence-electron chi connectivity index (χ3n) is 10.3. The molecule has 0 atom stereocenters. The molecule has 0 spiro atoms. The van der Waals surface area contributed by atoms with Gasteiger partial charge in [-0.1, -0.05) is 77.0 Å². The average molecular weight is 634 g/mol. The molecule has 258 valence electrons. The molecule has 0 saturated heterocycles. The molecule has 9 nitrogen and oxygen atoms in total. The SMILES string of the molecule is CC(C)(C)OC(=O)NC(COCC(=O)N(C1CCCCC1)C1CCCCC1)COCC(=O)N(C1CCCCC1)C1CCCCC1. The van der Waals surface area contributed by atoms with Crippen LogP contribution in [0.2, 0.25) is 0 Å². The lowest BCUT2D eigenvalue weighted by Crippen LogP contribution is -2.51. The van der Waals surface area contributed by atoms with Crippen molar-refractivity contribution in [1.82, 2.24) is 15.1 Å². The molecule has 4 fully saturated rings. The van der Waals surface area contributed by atoms with Gasteiger partial charge < -0.3 is 29.3 Å². The van der Waals surface area contributed by atoms with Gasteiger partial charge >= 0.3 is 6.09 Å². The van der Waals surface area contributed by atoms with E-state index < -0.39 is 17.7 Å². The molecule has 4 saturated carbocycles. The molecular weight excluding hydrogens is 570 g/mol. The summed E-state index contributed by atoms with van der Waals surface area (Å²) in [5, 5.41) is 2.87. The minimum atomic E-state index is -0.650. The Morgan fingerprint density at radius 1 is 0.578 bits per heavy atom. The van der Waals surface area contributed by atoms with E-state index in [2.05, 4.69) is 15.1 Å². The van der Waals surface area contributed by atoms with E-state index in [4.69, 9.17) is 14.2 Å². The van der Waals surface area contributed by atoms with E-state index >= 15 is 0 Å². The Balaban J connectivity index is 1.33. The molecule has 45 heavy (non-hydrogen) atoms. The fourth-order valence-corrected chi connectivity index (χ4v) is 8.18. The van der Waals surface area contributed by atoms with Crippen LogP contribution >= 0.6 is 0 Å². The van der Waals surface area contributed by atoms with E-state index in [-0.39, 0.29) is 38.2 Å². The molecule has 1 N–H and O–H groups in total. The molecule has 4 rings (SSSR count). The number of rotatable bonds is 13. The van der Waals surface area contributed by atoms with Gasteiger partial charge in [0.25, 0.3) is 0 Å². The normalized spacial score (nSPS) is 21.4. The summed E-state index contributed by atoms with van der Waals surface area (Å²) in [6, 6.07) is 0.674. The van der Waals surface area contributed by atoms with Crippen molar-refractivity contribution in [3.63, 3.8) is 0 Å². The van der Waals surface area contributed by atoms with Crippen molar-refractivity contribution >= 4 is 17.9 Å². The second-order valence-electron chi connectivity index (χ2n) is 15.1. The predicted molar refractivity (Wildman–Crippen MR) is 176 cm³/mol. The van der Waals surface area contributed by atoms with Gasteiger partial charge in [0.15, 0.2) is 0 Å². The minimum absolute atomic E-state index is 0.0183. The van der Waals surface area contributed by atoms with E-state index in [0.29, 0.717) is 24.2 Å². The van der Waals surface area contributed by atoms with Gasteiger partial charge in [-0.25, -0.2) is 4.79 Å². The van der Waals surface area contributed by atoms with E-state index in [1.165, 1.54) is 77.0 Å². The molecule has 4 aliphatic carbocycles. The number of nitrogens with zero attached hydrogens (tertiary/aromatic N) is 2. The zero-order valence-electron chi connectivity index (χ0n) is 28.7. The number of carbonyl (C=O) groups excluding carboxylic acids is 3. The molecule has 0 heterocycles. The summed E-state index contributed by atoms with van der Waals surface area (Å²) in [7, 11) is 0. The third kappa shape index (κ3) is 12.0. The van der Waals surface area contributed by atoms with Gasteiger partial charge in [0, 0.05) is 24.2 Å². The fourth-order valence-electron chi connectivity index (χ4n) is 8.18. The van der Waals surface area contributed by atoms with Crippen molar-refractivity contribution in [3.05, 3.63) is 0 Å². The average Bonchev–Trinajstić information content (AvgIpc) is 3.02. The quantitative estimate of drug-likeness (QED) is 0.237. The van der Waals surface area contributed by atoms with Gasteiger partial charge in [0.1, 0.15) is 18.8 Å². The molecule has 0 aromatic rings. The van der Waals surface area contributed by atoms with Crippen LogP contribution in [-0.2, 0) is 23.8 Å². The van der Waals surface area contributed by atoms with Gasteiger partial charge in [-0.05, 0) is 72.1 Å². The molecule has 0 aromatic heterocycles. The third-order valence-corrected chi connectivity index (χ3v) is 10.3. The Kier molecular flexibility index (Phi) is 14.8. The maximum Gasteiger partial charge on any atom is 0.408 e. The smallest absolute Gasteiger partial charge is 0.408 e. The lowest BCUT2D eigenvalue weighted by Gasteiger charge is -2.42. The van der Waals surface area contributed by atoms with Crippen molar-refractivity contribution < 1.29 is 28.6 Å². The highest BCUT2D eigenvalue weighted by Gasteiger charge is 2.34. The van der Waals surface area contributed by atoms with Gasteiger partial charge in [-0.15, -0.1) is 0 Å². The Bertz CT molecular complexity index is 805. The molecule has 3 amide bonds. The maximum absolute atomic E-state index is 13.6. The molecule has 9 heteroatoms. The van der Waals surface area contributed by atoms with Gasteiger partial charge in [0.2, 0.25) is 11.8 Å². The zero-order valence-corrected chi connectivity index (χ0v) is 28.7. The van der Waals surface area contributed by atoms with Crippen LogP contribution in [0.25, 0.3) is 0 Å². The largest absolute Gasteiger partial charge is 0.444 e. The maximum atomic E-state index is 13.6. The first-order valence-electron chi connectivity index (χ1n) is 18.5. The van der Waals surface area contributed by atoms with Crippen LogP contribution in [0.5, 0.6) is 0 Å².